The molecule has 0 unspecified atom stereocenters. The number of halogens is 1. The molecule has 2 heterocycles. The summed E-state index contributed by atoms with van der Waals surface area (Å²) in [5.74, 6) is 0. The zero-order valence-electron chi connectivity index (χ0n) is 9.39. The van der Waals surface area contributed by atoms with Crippen molar-refractivity contribution in [2.45, 2.75) is 13.0 Å². The number of nitrogens with zero attached hydrogens (tertiary/aromatic N) is 2. The van der Waals surface area contributed by atoms with Gasteiger partial charge in [0.1, 0.15) is 0 Å². The number of H-pyrrole nitrogens is 1. The van der Waals surface area contributed by atoms with Crippen molar-refractivity contribution in [1.82, 2.24) is 14.5 Å². The molecule has 0 radical (unpaired) electrons. The van der Waals surface area contributed by atoms with Crippen LogP contribution in [0.3, 0.4) is 0 Å². The van der Waals surface area contributed by atoms with E-state index in [1.54, 1.807) is 11.3 Å². The molecule has 0 aliphatic heterocycles. The highest BCUT2D eigenvalue weighted by atomic mass is 35.5. The van der Waals surface area contributed by atoms with Crippen molar-refractivity contribution in [2.75, 3.05) is 0 Å². The molecule has 0 atom stereocenters. The highest BCUT2D eigenvalue weighted by Crippen LogP contribution is 2.19. The van der Waals surface area contributed by atoms with Crippen LogP contribution in [-0.2, 0) is 13.0 Å². The number of hydrogen-bond acceptors (Lipinski definition) is 3. The second kappa shape index (κ2) is 4.84. The lowest BCUT2D eigenvalue weighted by Gasteiger charge is -2.02. The van der Waals surface area contributed by atoms with Crippen molar-refractivity contribution < 1.29 is 0 Å². The van der Waals surface area contributed by atoms with E-state index in [1.165, 1.54) is 0 Å². The van der Waals surface area contributed by atoms with E-state index in [-0.39, 0.29) is 0 Å². The number of nitrogens with one attached hydrogen (secondary N) is 1. The minimum atomic E-state index is 0.713. The van der Waals surface area contributed by atoms with Gasteiger partial charge in [0.15, 0.2) is 4.77 Å². The summed E-state index contributed by atoms with van der Waals surface area (Å²) < 4.78 is 2.81. The molecule has 0 saturated carbocycles. The maximum Gasteiger partial charge on any atom is 0.178 e. The molecule has 6 heteroatoms. The number of aromatic nitrogens is 3. The third kappa shape index (κ3) is 2.21. The second-order valence-corrected chi connectivity index (χ2v) is 5.51. The summed E-state index contributed by atoms with van der Waals surface area (Å²) in [5.41, 5.74) is 5.01. The first-order valence-electron chi connectivity index (χ1n) is 5.49. The van der Waals surface area contributed by atoms with Crippen molar-refractivity contribution in [3.63, 3.8) is 0 Å². The van der Waals surface area contributed by atoms with Crippen LogP contribution in [0, 0.1) is 4.77 Å². The highest BCUT2D eigenvalue weighted by Gasteiger charge is 2.05. The fraction of sp³-hybridized carbons (Fsp3) is 0.167. The second-order valence-electron chi connectivity index (χ2n) is 3.97. The van der Waals surface area contributed by atoms with Gasteiger partial charge >= 0.3 is 0 Å². The number of rotatable bonds is 3. The van der Waals surface area contributed by atoms with Crippen LogP contribution in [0.4, 0.5) is 0 Å². The normalized spacial score (nSPS) is 11.2. The number of aryl methyl sites for hydroxylation is 2. The number of fused-ring (bicyclic) bond motifs is 1. The van der Waals surface area contributed by atoms with Gasteiger partial charge in [-0.3, -0.25) is 0 Å². The number of benzene rings is 1. The van der Waals surface area contributed by atoms with Crippen molar-refractivity contribution in [3.8, 4) is 0 Å². The summed E-state index contributed by atoms with van der Waals surface area (Å²) in [7, 11) is 0. The van der Waals surface area contributed by atoms with Gasteiger partial charge in [0.25, 0.3) is 0 Å². The Morgan fingerprint density at radius 2 is 2.33 bits per heavy atom. The smallest absolute Gasteiger partial charge is 0.178 e. The van der Waals surface area contributed by atoms with E-state index in [0.717, 1.165) is 34.5 Å². The van der Waals surface area contributed by atoms with Crippen LogP contribution in [0.5, 0.6) is 0 Å². The molecule has 1 aromatic carbocycles. The van der Waals surface area contributed by atoms with Crippen molar-refractivity contribution >= 4 is 46.2 Å². The molecular formula is C12H10ClN3S2. The maximum absolute atomic E-state index is 5.97. The van der Waals surface area contributed by atoms with Crippen LogP contribution in [0.15, 0.2) is 29.1 Å². The van der Waals surface area contributed by atoms with Crippen molar-refractivity contribution in [3.05, 3.63) is 44.6 Å². The summed E-state index contributed by atoms with van der Waals surface area (Å²) in [4.78, 5) is 7.45. The Hall–Kier alpha value is -1.17. The van der Waals surface area contributed by atoms with Gasteiger partial charge in [0.2, 0.25) is 0 Å². The maximum atomic E-state index is 5.97. The molecule has 0 aliphatic carbocycles. The molecule has 3 nitrogen and oxygen atoms in total. The number of hydrogen-bond donors (Lipinski definition) is 1. The first-order chi connectivity index (χ1) is 8.74. The largest absolute Gasteiger partial charge is 0.331 e. The fourth-order valence-corrected chi connectivity index (χ4v) is 3.01. The van der Waals surface area contributed by atoms with Gasteiger partial charge in [-0.05, 0) is 30.4 Å². The van der Waals surface area contributed by atoms with Gasteiger partial charge in [-0.15, -0.1) is 11.3 Å². The van der Waals surface area contributed by atoms with Crippen LogP contribution < -0.4 is 0 Å². The van der Waals surface area contributed by atoms with E-state index in [1.807, 2.05) is 23.7 Å². The summed E-state index contributed by atoms with van der Waals surface area (Å²) in [6.45, 7) is 0.824. The lowest BCUT2D eigenvalue weighted by Crippen LogP contribution is -2.01. The Bertz CT molecular complexity index is 727. The van der Waals surface area contributed by atoms with Crippen LogP contribution in [0.2, 0.25) is 5.02 Å². The summed E-state index contributed by atoms with van der Waals surface area (Å²) in [6.07, 6.45) is 0.882. The number of thiazole rings is 1. The molecule has 1 N–H and O–H groups in total. The van der Waals surface area contributed by atoms with Gasteiger partial charge in [0.05, 0.1) is 22.2 Å². The molecule has 2 aromatic heterocycles. The fourth-order valence-electron chi connectivity index (χ4n) is 1.95. The molecule has 18 heavy (non-hydrogen) atoms. The van der Waals surface area contributed by atoms with Crippen molar-refractivity contribution in [1.29, 1.82) is 0 Å². The molecular weight excluding hydrogens is 286 g/mol. The Labute approximate surface area is 118 Å². The molecule has 0 bridgehead atoms. The van der Waals surface area contributed by atoms with E-state index in [4.69, 9.17) is 23.8 Å². The van der Waals surface area contributed by atoms with Gasteiger partial charge in [-0.2, -0.15) is 0 Å². The Morgan fingerprint density at radius 3 is 3.11 bits per heavy atom. The third-order valence-electron chi connectivity index (χ3n) is 2.81. The molecule has 0 fully saturated rings. The first-order valence-corrected chi connectivity index (χ1v) is 7.22. The van der Waals surface area contributed by atoms with Crippen LogP contribution in [0.25, 0.3) is 11.0 Å². The van der Waals surface area contributed by atoms with Gasteiger partial charge in [0, 0.05) is 23.4 Å². The minimum absolute atomic E-state index is 0.713. The van der Waals surface area contributed by atoms with Gasteiger partial charge in [-0.1, -0.05) is 11.6 Å². The molecule has 0 aliphatic rings. The van der Waals surface area contributed by atoms with Crippen LogP contribution in [0.1, 0.15) is 5.69 Å². The molecule has 0 spiro atoms. The number of aromatic amines is 1. The van der Waals surface area contributed by atoms with E-state index in [2.05, 4.69) is 19.9 Å². The standard InChI is InChI=1S/C12H10ClN3S2/c13-8-1-2-11-10(5-8)15-12(17)16(11)4-3-9-6-18-7-14-9/h1-2,5-7H,3-4H2,(H,15,17). The Kier molecular flexibility index (Phi) is 3.20. The third-order valence-corrected chi connectivity index (χ3v) is 4.00. The Balaban J connectivity index is 1.96. The zero-order valence-corrected chi connectivity index (χ0v) is 11.8. The zero-order chi connectivity index (χ0) is 12.5. The lowest BCUT2D eigenvalue weighted by molar-refractivity contribution is 0.698. The summed E-state index contributed by atoms with van der Waals surface area (Å²) in [5, 5.41) is 2.78. The van der Waals surface area contributed by atoms with Gasteiger partial charge in [-0.25, -0.2) is 4.98 Å². The average Bonchev–Trinajstić information content (AvgIpc) is 2.93. The van der Waals surface area contributed by atoms with Crippen LogP contribution in [-0.4, -0.2) is 14.5 Å². The topological polar surface area (TPSA) is 33.6 Å². The summed E-state index contributed by atoms with van der Waals surface area (Å²) in [6, 6.07) is 5.77. The average molecular weight is 296 g/mol. The monoisotopic (exact) mass is 295 g/mol. The van der Waals surface area contributed by atoms with Crippen molar-refractivity contribution in [2.24, 2.45) is 0 Å². The Morgan fingerprint density at radius 1 is 1.44 bits per heavy atom. The van der Waals surface area contributed by atoms with E-state index in [0.29, 0.717) is 5.02 Å². The van der Waals surface area contributed by atoms with Gasteiger partial charge < -0.3 is 9.55 Å². The minimum Gasteiger partial charge on any atom is -0.331 e. The molecule has 0 saturated heterocycles. The first kappa shape index (κ1) is 11.9. The highest BCUT2D eigenvalue weighted by molar-refractivity contribution is 7.71. The SMILES string of the molecule is S=c1[nH]c2cc(Cl)ccc2n1CCc1cscn1. The van der Waals surface area contributed by atoms with Crippen LogP contribution >= 0.6 is 35.2 Å². The van der Waals surface area contributed by atoms with E-state index >= 15 is 0 Å². The predicted octanol–water partition coefficient (Wildman–Crippen LogP) is 4.05. The lowest BCUT2D eigenvalue weighted by atomic mass is 10.3. The molecule has 0 amide bonds. The quantitative estimate of drug-likeness (QED) is 0.740. The molecule has 92 valence electrons. The molecule has 3 rings (SSSR count). The number of imidazole rings is 1. The van der Waals surface area contributed by atoms with E-state index in [9.17, 15) is 0 Å². The predicted molar refractivity (Wildman–Crippen MR) is 78.0 cm³/mol. The van der Waals surface area contributed by atoms with E-state index < -0.39 is 0 Å². The molecule has 3 aromatic rings. The summed E-state index contributed by atoms with van der Waals surface area (Å²) >= 11 is 12.9.